The number of hydrogen-bond acceptors (Lipinski definition) is 6. The van der Waals surface area contributed by atoms with Gasteiger partial charge in [-0.1, -0.05) is 31.0 Å². The van der Waals surface area contributed by atoms with Gasteiger partial charge in [0.25, 0.3) is 0 Å². The van der Waals surface area contributed by atoms with Crippen LogP contribution in [0, 0.1) is 0 Å². The van der Waals surface area contributed by atoms with Gasteiger partial charge < -0.3 is 30.0 Å². The molecule has 0 bridgehead atoms. The largest absolute Gasteiger partial charge is 0.508 e. The Hall–Kier alpha value is -3.38. The molecule has 5 rings (SSSR count). The summed E-state index contributed by atoms with van der Waals surface area (Å²) in [6, 6.07) is 18.5. The van der Waals surface area contributed by atoms with Gasteiger partial charge >= 0.3 is 0 Å². The number of hydrogen-bond donors (Lipinski definition) is 2. The molecule has 6 nitrogen and oxygen atoms in total. The van der Waals surface area contributed by atoms with E-state index in [9.17, 15) is 5.11 Å². The van der Waals surface area contributed by atoms with Crippen molar-refractivity contribution in [2.24, 2.45) is 5.73 Å². The number of nitrogens with two attached hydrogens (primary N) is 1. The molecule has 0 saturated heterocycles. The monoisotopic (exact) mass is 530 g/mol. The zero-order valence-electron chi connectivity index (χ0n) is 23.5. The third kappa shape index (κ3) is 6.11. The van der Waals surface area contributed by atoms with Crippen LogP contribution in [0.25, 0.3) is 0 Å². The molecule has 0 spiro atoms. The van der Waals surface area contributed by atoms with E-state index >= 15 is 0 Å². The number of ether oxygens (including phenoxy) is 3. The van der Waals surface area contributed by atoms with Crippen molar-refractivity contribution < 1.29 is 19.3 Å². The highest BCUT2D eigenvalue weighted by atomic mass is 16.5. The van der Waals surface area contributed by atoms with Crippen molar-refractivity contribution >= 4 is 5.69 Å². The molecule has 6 heteroatoms. The number of phenols is 1. The molecule has 0 heterocycles. The molecule has 3 aromatic rings. The Labute approximate surface area is 232 Å². The molecule has 0 radical (unpaired) electrons. The molecule has 1 fully saturated rings. The maximum atomic E-state index is 9.94. The minimum atomic E-state index is -0.179. The fourth-order valence-corrected chi connectivity index (χ4v) is 6.22. The van der Waals surface area contributed by atoms with E-state index in [4.69, 9.17) is 19.9 Å². The lowest BCUT2D eigenvalue weighted by molar-refractivity contribution is 0.220. The SMILES string of the molecule is CCN(Cc1ccc(OCC2(N)CCCC2)cc1)c1cc(OC)c(OC)cc1C1CCc2cc(O)ccc2C1. The first-order valence-corrected chi connectivity index (χ1v) is 14.2. The molecule has 1 saturated carbocycles. The number of fused-ring (bicyclic) bond motifs is 1. The first-order valence-electron chi connectivity index (χ1n) is 14.2. The van der Waals surface area contributed by atoms with Gasteiger partial charge in [-0.25, -0.2) is 0 Å². The summed E-state index contributed by atoms with van der Waals surface area (Å²) < 4.78 is 17.5. The lowest BCUT2D eigenvalue weighted by Gasteiger charge is -2.32. The predicted molar refractivity (Wildman–Crippen MR) is 156 cm³/mol. The van der Waals surface area contributed by atoms with Crippen LogP contribution in [0.4, 0.5) is 5.69 Å². The summed E-state index contributed by atoms with van der Waals surface area (Å²) in [5.41, 5.74) is 12.5. The number of rotatable bonds is 10. The van der Waals surface area contributed by atoms with Crippen LogP contribution in [0.3, 0.4) is 0 Å². The second-order valence-corrected chi connectivity index (χ2v) is 11.2. The molecule has 1 unspecified atom stereocenters. The second kappa shape index (κ2) is 11.8. The van der Waals surface area contributed by atoms with E-state index in [-0.39, 0.29) is 5.54 Å². The van der Waals surface area contributed by atoms with Crippen LogP contribution in [0.2, 0.25) is 0 Å². The van der Waals surface area contributed by atoms with Crippen molar-refractivity contribution in [2.75, 3.05) is 32.3 Å². The molecule has 0 amide bonds. The summed E-state index contributed by atoms with van der Waals surface area (Å²) in [7, 11) is 3.39. The summed E-state index contributed by atoms with van der Waals surface area (Å²) in [6.07, 6.45) is 7.37. The number of aromatic hydroxyl groups is 1. The first kappa shape index (κ1) is 27.2. The van der Waals surface area contributed by atoms with Crippen molar-refractivity contribution in [3.8, 4) is 23.0 Å². The summed E-state index contributed by atoms with van der Waals surface area (Å²) in [6.45, 7) is 4.40. The smallest absolute Gasteiger partial charge is 0.162 e. The zero-order valence-corrected chi connectivity index (χ0v) is 23.5. The average Bonchev–Trinajstić information content (AvgIpc) is 3.41. The van der Waals surface area contributed by atoms with Gasteiger partial charge in [0.2, 0.25) is 0 Å². The topological polar surface area (TPSA) is 77.2 Å². The number of benzene rings is 3. The molecule has 1 atom stereocenters. The van der Waals surface area contributed by atoms with Crippen LogP contribution in [0.15, 0.2) is 54.6 Å². The third-order valence-electron chi connectivity index (χ3n) is 8.54. The molecule has 3 N–H and O–H groups in total. The number of phenolic OH excluding ortho intramolecular Hbond substituents is 1. The molecule has 208 valence electrons. The Bertz CT molecular complexity index is 1270. The lowest BCUT2D eigenvalue weighted by Crippen LogP contribution is -2.42. The van der Waals surface area contributed by atoms with Crippen molar-refractivity contribution in [2.45, 2.75) is 69.9 Å². The summed E-state index contributed by atoms with van der Waals surface area (Å²) in [4.78, 5) is 2.41. The minimum Gasteiger partial charge on any atom is -0.508 e. The van der Waals surface area contributed by atoms with Gasteiger partial charge in [-0.05, 0) is 97.5 Å². The molecular formula is C33H42N2O4. The van der Waals surface area contributed by atoms with Crippen LogP contribution < -0.4 is 24.8 Å². The highest BCUT2D eigenvalue weighted by Crippen LogP contribution is 2.43. The molecule has 0 aliphatic heterocycles. The first-order chi connectivity index (χ1) is 18.9. The van der Waals surface area contributed by atoms with Gasteiger partial charge in [0.05, 0.1) is 19.8 Å². The fraction of sp³-hybridized carbons (Fsp3) is 0.455. The Morgan fingerprint density at radius 2 is 1.67 bits per heavy atom. The average molecular weight is 531 g/mol. The van der Waals surface area contributed by atoms with Crippen molar-refractivity contribution in [1.29, 1.82) is 0 Å². The normalized spacial score (nSPS) is 17.9. The minimum absolute atomic E-state index is 0.179. The van der Waals surface area contributed by atoms with Gasteiger partial charge in [-0.2, -0.15) is 0 Å². The Morgan fingerprint density at radius 3 is 2.36 bits per heavy atom. The summed E-state index contributed by atoms with van der Waals surface area (Å²) >= 11 is 0. The van der Waals surface area contributed by atoms with E-state index in [0.717, 1.165) is 62.4 Å². The molecular weight excluding hydrogens is 488 g/mol. The quantitative estimate of drug-likeness (QED) is 0.318. The van der Waals surface area contributed by atoms with E-state index in [1.807, 2.05) is 6.07 Å². The van der Waals surface area contributed by atoms with Gasteiger partial charge in [-0.15, -0.1) is 0 Å². The molecule has 0 aromatic heterocycles. The summed E-state index contributed by atoms with van der Waals surface area (Å²) in [5.74, 6) is 3.05. The molecule has 2 aliphatic carbocycles. The van der Waals surface area contributed by atoms with Crippen molar-refractivity contribution in [3.05, 3.63) is 76.9 Å². The third-order valence-corrected chi connectivity index (χ3v) is 8.54. The number of methoxy groups -OCH3 is 2. The van der Waals surface area contributed by atoms with Crippen LogP contribution in [0.1, 0.15) is 67.2 Å². The molecule has 3 aromatic carbocycles. The second-order valence-electron chi connectivity index (χ2n) is 11.2. The predicted octanol–water partition coefficient (Wildman–Crippen LogP) is 6.36. The maximum absolute atomic E-state index is 9.94. The van der Waals surface area contributed by atoms with Gasteiger partial charge in [0, 0.05) is 24.8 Å². The highest BCUT2D eigenvalue weighted by Gasteiger charge is 2.30. The maximum Gasteiger partial charge on any atom is 0.162 e. The Balaban J connectivity index is 1.38. The summed E-state index contributed by atoms with van der Waals surface area (Å²) in [5, 5.41) is 9.94. The van der Waals surface area contributed by atoms with Crippen molar-refractivity contribution in [3.63, 3.8) is 0 Å². The highest BCUT2D eigenvalue weighted by molar-refractivity contribution is 5.64. The van der Waals surface area contributed by atoms with Gasteiger partial charge in [0.1, 0.15) is 18.1 Å². The van der Waals surface area contributed by atoms with E-state index in [1.54, 1.807) is 20.3 Å². The lowest BCUT2D eigenvalue weighted by atomic mass is 9.79. The zero-order chi connectivity index (χ0) is 27.4. The Morgan fingerprint density at radius 1 is 0.949 bits per heavy atom. The van der Waals surface area contributed by atoms with E-state index in [0.29, 0.717) is 18.3 Å². The number of anilines is 1. The number of aryl methyl sites for hydroxylation is 1. The Kier molecular flexibility index (Phi) is 8.22. The number of nitrogens with zero attached hydrogens (tertiary/aromatic N) is 1. The van der Waals surface area contributed by atoms with Crippen LogP contribution in [-0.4, -0.2) is 38.0 Å². The molecule has 2 aliphatic rings. The van der Waals surface area contributed by atoms with Crippen LogP contribution in [0.5, 0.6) is 23.0 Å². The van der Waals surface area contributed by atoms with E-state index in [2.05, 4.69) is 54.3 Å². The van der Waals surface area contributed by atoms with Crippen molar-refractivity contribution in [1.82, 2.24) is 0 Å². The van der Waals surface area contributed by atoms with Gasteiger partial charge in [-0.3, -0.25) is 0 Å². The van der Waals surface area contributed by atoms with E-state index in [1.165, 1.54) is 40.8 Å². The van der Waals surface area contributed by atoms with Crippen LogP contribution >= 0.6 is 0 Å². The molecule has 39 heavy (non-hydrogen) atoms. The standard InChI is InChI=1S/C33H42N2O4/c1-4-35(21-23-7-13-28(14-8-23)39-22-33(34)15-5-6-16-33)30-20-32(38-3)31(37-2)19-29(30)26-10-9-25-18-27(36)12-11-24(25)17-26/h7-8,11-14,18-20,26,36H,4-6,9-10,15-17,21-22,34H2,1-3H3. The van der Waals surface area contributed by atoms with Gasteiger partial charge in [0.15, 0.2) is 11.5 Å². The van der Waals surface area contributed by atoms with E-state index < -0.39 is 0 Å². The fourth-order valence-electron chi connectivity index (χ4n) is 6.22. The van der Waals surface area contributed by atoms with Crippen LogP contribution in [-0.2, 0) is 19.4 Å².